The highest BCUT2D eigenvalue weighted by Gasteiger charge is 2.41. The fourth-order valence-electron chi connectivity index (χ4n) is 3.09. The molecule has 1 heterocycles. The molecule has 0 radical (unpaired) electrons. The lowest BCUT2D eigenvalue weighted by Crippen LogP contribution is -2.34. The second-order valence-electron chi connectivity index (χ2n) is 6.40. The topological polar surface area (TPSA) is 71.5 Å². The number of hydrogen-bond donors (Lipinski definition) is 0. The molecule has 0 saturated heterocycles. The summed E-state index contributed by atoms with van der Waals surface area (Å²) >= 11 is 0.666. The first-order chi connectivity index (χ1) is 14.1. The molecule has 29 heavy (non-hydrogen) atoms. The van der Waals surface area contributed by atoms with Gasteiger partial charge >= 0.3 is 0 Å². The molecule has 0 unspecified atom stereocenters. The van der Waals surface area contributed by atoms with Crippen LogP contribution in [0.15, 0.2) is 84.9 Å². The van der Waals surface area contributed by atoms with E-state index in [1.54, 1.807) is 84.9 Å². The van der Waals surface area contributed by atoms with Gasteiger partial charge in [0.1, 0.15) is 0 Å². The third-order valence-electron chi connectivity index (χ3n) is 4.56. The Labute approximate surface area is 171 Å². The van der Waals surface area contributed by atoms with E-state index in [-0.39, 0.29) is 11.1 Å². The normalized spacial score (nSPS) is 12.9. The van der Waals surface area contributed by atoms with Gasteiger partial charge in [0, 0.05) is 11.1 Å². The predicted octanol–water partition coefficient (Wildman–Crippen LogP) is 4.07. The van der Waals surface area contributed by atoms with Crippen molar-refractivity contribution in [2.45, 2.75) is 5.25 Å². The highest BCUT2D eigenvalue weighted by Crippen LogP contribution is 2.33. The zero-order valence-electron chi connectivity index (χ0n) is 15.1. The minimum atomic E-state index is -1.26. The maximum atomic E-state index is 13.1. The van der Waals surface area contributed by atoms with Crippen molar-refractivity contribution in [3.05, 3.63) is 107 Å². The predicted molar refractivity (Wildman–Crippen MR) is 110 cm³/mol. The van der Waals surface area contributed by atoms with Crippen LogP contribution in [0.1, 0.15) is 41.4 Å². The number of carbonyl (C=O) groups is 4. The monoisotopic (exact) mass is 401 g/mol. The standard InChI is InChI=1S/C23H15NO4S/c25-19(15-9-3-1-4-10-15)21(20(26)16-11-5-2-6-12-16)29-24-22(27)17-13-7-8-14-18(17)23(24)28/h1-14,21H. The summed E-state index contributed by atoms with van der Waals surface area (Å²) in [6.07, 6.45) is 0. The molecular formula is C23H15NO4S. The van der Waals surface area contributed by atoms with Gasteiger partial charge in [-0.05, 0) is 24.1 Å². The summed E-state index contributed by atoms with van der Waals surface area (Å²) in [5.74, 6) is -1.97. The van der Waals surface area contributed by atoms with E-state index >= 15 is 0 Å². The molecule has 0 atom stereocenters. The minimum Gasteiger partial charge on any atom is -0.292 e. The van der Waals surface area contributed by atoms with Crippen LogP contribution < -0.4 is 0 Å². The molecule has 3 aromatic rings. The van der Waals surface area contributed by atoms with Gasteiger partial charge in [-0.2, -0.15) is 0 Å². The Morgan fingerprint density at radius 2 is 1.00 bits per heavy atom. The molecule has 0 saturated carbocycles. The van der Waals surface area contributed by atoms with E-state index in [4.69, 9.17) is 0 Å². The average molecular weight is 401 g/mol. The lowest BCUT2D eigenvalue weighted by atomic mass is 10.0. The van der Waals surface area contributed by atoms with Gasteiger partial charge < -0.3 is 0 Å². The molecule has 142 valence electrons. The van der Waals surface area contributed by atoms with Crippen LogP contribution >= 0.6 is 11.9 Å². The van der Waals surface area contributed by atoms with E-state index in [0.29, 0.717) is 23.1 Å². The second-order valence-corrected chi connectivity index (χ2v) is 7.44. The molecule has 0 spiro atoms. The van der Waals surface area contributed by atoms with E-state index in [1.165, 1.54) is 0 Å². The zero-order valence-corrected chi connectivity index (χ0v) is 16.0. The largest absolute Gasteiger partial charge is 0.292 e. The van der Waals surface area contributed by atoms with Crippen LogP contribution in [0.5, 0.6) is 0 Å². The molecule has 5 nitrogen and oxygen atoms in total. The van der Waals surface area contributed by atoms with Crippen LogP contribution in [-0.4, -0.2) is 32.9 Å². The Kier molecular flexibility index (Phi) is 5.10. The van der Waals surface area contributed by atoms with Crippen molar-refractivity contribution in [2.75, 3.05) is 0 Å². The van der Waals surface area contributed by atoms with E-state index in [1.807, 2.05) is 0 Å². The fourth-order valence-corrected chi connectivity index (χ4v) is 4.15. The molecule has 0 N–H and O–H groups in total. The highest BCUT2D eigenvalue weighted by molar-refractivity contribution is 8.00. The van der Waals surface area contributed by atoms with E-state index in [2.05, 4.69) is 0 Å². The summed E-state index contributed by atoms with van der Waals surface area (Å²) in [5.41, 5.74) is 1.21. The van der Waals surface area contributed by atoms with Crippen molar-refractivity contribution in [1.82, 2.24) is 4.31 Å². The number of Topliss-reactive ketones (excluding diaryl/α,β-unsaturated/α-hetero) is 2. The number of fused-ring (bicyclic) bond motifs is 1. The van der Waals surface area contributed by atoms with Crippen LogP contribution in [0.25, 0.3) is 0 Å². The number of amides is 2. The molecule has 1 aliphatic heterocycles. The second kappa shape index (κ2) is 7.85. The van der Waals surface area contributed by atoms with E-state index < -0.39 is 28.6 Å². The van der Waals surface area contributed by atoms with E-state index in [0.717, 1.165) is 4.31 Å². The molecule has 0 aliphatic carbocycles. The van der Waals surface area contributed by atoms with Gasteiger partial charge in [0.2, 0.25) is 0 Å². The Morgan fingerprint density at radius 1 is 0.621 bits per heavy atom. The number of benzene rings is 3. The summed E-state index contributed by atoms with van der Waals surface area (Å²) in [6, 6.07) is 23.2. The summed E-state index contributed by atoms with van der Waals surface area (Å²) in [4.78, 5) is 51.7. The lowest BCUT2D eigenvalue weighted by Gasteiger charge is -2.20. The number of carbonyl (C=O) groups excluding carboxylic acids is 4. The number of hydrogen-bond acceptors (Lipinski definition) is 5. The maximum absolute atomic E-state index is 13.1. The van der Waals surface area contributed by atoms with Crippen molar-refractivity contribution in [1.29, 1.82) is 0 Å². The SMILES string of the molecule is O=C(c1ccccc1)C(SN1C(=O)c2ccccc2C1=O)C(=O)c1ccccc1. The van der Waals surface area contributed by atoms with E-state index in [9.17, 15) is 19.2 Å². The maximum Gasteiger partial charge on any atom is 0.271 e. The van der Waals surface area contributed by atoms with Crippen LogP contribution in [0.3, 0.4) is 0 Å². The summed E-state index contributed by atoms with van der Waals surface area (Å²) in [6.45, 7) is 0. The summed E-state index contributed by atoms with van der Waals surface area (Å²) in [7, 11) is 0. The van der Waals surface area contributed by atoms with Crippen LogP contribution in [-0.2, 0) is 0 Å². The Balaban J connectivity index is 1.70. The summed E-state index contributed by atoms with van der Waals surface area (Å²) < 4.78 is 0.914. The third kappa shape index (κ3) is 3.50. The lowest BCUT2D eigenvalue weighted by molar-refractivity contribution is 0.0776. The molecular weight excluding hydrogens is 386 g/mol. The van der Waals surface area contributed by atoms with Crippen LogP contribution in [0.2, 0.25) is 0 Å². The summed E-state index contributed by atoms with van der Waals surface area (Å²) in [5, 5.41) is -1.26. The van der Waals surface area contributed by atoms with Crippen molar-refractivity contribution >= 4 is 35.3 Å². The van der Waals surface area contributed by atoms with Crippen molar-refractivity contribution in [2.24, 2.45) is 0 Å². The number of ketones is 2. The molecule has 6 heteroatoms. The molecule has 0 bridgehead atoms. The van der Waals surface area contributed by atoms with Gasteiger partial charge in [0.25, 0.3) is 11.8 Å². The molecule has 2 amide bonds. The highest BCUT2D eigenvalue weighted by atomic mass is 32.2. The van der Waals surface area contributed by atoms with Crippen molar-refractivity contribution < 1.29 is 19.2 Å². The smallest absolute Gasteiger partial charge is 0.271 e. The number of rotatable bonds is 6. The van der Waals surface area contributed by atoms with Crippen molar-refractivity contribution in [3.8, 4) is 0 Å². The molecule has 0 aromatic heterocycles. The first-order valence-electron chi connectivity index (χ1n) is 8.91. The van der Waals surface area contributed by atoms with Crippen LogP contribution in [0, 0.1) is 0 Å². The fraction of sp³-hybridized carbons (Fsp3) is 0.0435. The van der Waals surface area contributed by atoms with Crippen molar-refractivity contribution in [3.63, 3.8) is 0 Å². The Morgan fingerprint density at radius 3 is 1.41 bits per heavy atom. The average Bonchev–Trinajstić information content (AvgIpc) is 3.02. The van der Waals surface area contributed by atoms with Gasteiger partial charge in [0.05, 0.1) is 11.1 Å². The van der Waals surface area contributed by atoms with Gasteiger partial charge in [-0.25, -0.2) is 4.31 Å². The zero-order chi connectivity index (χ0) is 20.4. The molecule has 1 aliphatic rings. The quantitative estimate of drug-likeness (QED) is 0.270. The first-order valence-corrected chi connectivity index (χ1v) is 9.74. The molecule has 0 fully saturated rings. The molecule has 4 rings (SSSR count). The number of imide groups is 1. The molecule has 3 aromatic carbocycles. The van der Waals surface area contributed by atoms with Gasteiger partial charge in [-0.1, -0.05) is 72.8 Å². The Bertz CT molecular complexity index is 1030. The third-order valence-corrected chi connectivity index (χ3v) is 5.74. The van der Waals surface area contributed by atoms with Gasteiger partial charge in [0.15, 0.2) is 16.8 Å². The number of nitrogens with zero attached hydrogens (tertiary/aromatic N) is 1. The van der Waals surface area contributed by atoms with Gasteiger partial charge in [-0.3, -0.25) is 19.2 Å². The van der Waals surface area contributed by atoms with Gasteiger partial charge in [-0.15, -0.1) is 0 Å². The van der Waals surface area contributed by atoms with Crippen LogP contribution in [0.4, 0.5) is 0 Å². The first kappa shape index (κ1) is 18.8. The minimum absolute atomic E-state index is 0.267. The Hall–Kier alpha value is -3.51.